The summed E-state index contributed by atoms with van der Waals surface area (Å²) in [4.78, 5) is 16.1. The molecule has 0 bridgehead atoms. The third kappa shape index (κ3) is 4.27. The molecule has 2 aromatic rings. The van der Waals surface area contributed by atoms with Crippen molar-refractivity contribution in [3.05, 3.63) is 65.7 Å². The molecule has 132 valence electrons. The molecule has 3 rings (SSSR count). The van der Waals surface area contributed by atoms with Crippen LogP contribution in [0.15, 0.2) is 59.5 Å². The SMILES string of the molecule is CS(=O)(=O)c1ccccc1C(=O)N1CC[NH+](Cc2ccccc2)CC1. The number of nitrogens with zero attached hydrogens (tertiary/aromatic N) is 1. The average Bonchev–Trinajstić information content (AvgIpc) is 2.62. The van der Waals surface area contributed by atoms with Crippen molar-refractivity contribution in [2.24, 2.45) is 0 Å². The third-order valence-corrected chi connectivity index (χ3v) is 5.73. The summed E-state index contributed by atoms with van der Waals surface area (Å²) < 4.78 is 23.8. The lowest BCUT2D eigenvalue weighted by atomic mass is 10.1. The minimum Gasteiger partial charge on any atom is -0.328 e. The number of carbonyl (C=O) groups is 1. The number of carbonyl (C=O) groups excluding carboxylic acids is 1. The van der Waals surface area contributed by atoms with Crippen LogP contribution >= 0.6 is 0 Å². The molecule has 0 aromatic heterocycles. The number of nitrogens with one attached hydrogen (secondary N) is 1. The topological polar surface area (TPSA) is 58.9 Å². The molecule has 0 spiro atoms. The number of amides is 1. The van der Waals surface area contributed by atoms with E-state index < -0.39 is 9.84 Å². The van der Waals surface area contributed by atoms with Crippen LogP contribution in [0.25, 0.3) is 0 Å². The van der Waals surface area contributed by atoms with Crippen LogP contribution in [0, 0.1) is 0 Å². The van der Waals surface area contributed by atoms with Crippen LogP contribution in [-0.2, 0) is 16.4 Å². The highest BCUT2D eigenvalue weighted by molar-refractivity contribution is 7.90. The quantitative estimate of drug-likeness (QED) is 0.871. The highest BCUT2D eigenvalue weighted by Crippen LogP contribution is 2.17. The Balaban J connectivity index is 1.67. The second-order valence-electron chi connectivity index (χ2n) is 6.47. The summed E-state index contributed by atoms with van der Waals surface area (Å²) >= 11 is 0. The predicted molar refractivity (Wildman–Crippen MR) is 96.3 cm³/mol. The molecule has 0 aliphatic carbocycles. The summed E-state index contributed by atoms with van der Waals surface area (Å²) in [5, 5.41) is 0. The Kier molecular flexibility index (Phi) is 5.20. The van der Waals surface area contributed by atoms with Gasteiger partial charge in [0.1, 0.15) is 6.54 Å². The molecular formula is C19H23N2O3S+. The van der Waals surface area contributed by atoms with E-state index in [1.54, 1.807) is 23.1 Å². The molecule has 0 saturated carbocycles. The summed E-state index contributed by atoms with van der Waals surface area (Å²) in [5.74, 6) is -0.195. The van der Waals surface area contributed by atoms with E-state index >= 15 is 0 Å². The molecule has 1 N–H and O–H groups in total. The molecule has 1 heterocycles. The molecule has 1 aliphatic rings. The zero-order valence-corrected chi connectivity index (χ0v) is 15.1. The molecule has 1 aliphatic heterocycles. The van der Waals surface area contributed by atoms with E-state index in [0.29, 0.717) is 13.1 Å². The van der Waals surface area contributed by atoms with Gasteiger partial charge in [-0.1, -0.05) is 42.5 Å². The van der Waals surface area contributed by atoms with Gasteiger partial charge in [-0.25, -0.2) is 8.42 Å². The van der Waals surface area contributed by atoms with Gasteiger partial charge in [0, 0.05) is 11.8 Å². The van der Waals surface area contributed by atoms with Crippen LogP contribution in [0.1, 0.15) is 15.9 Å². The summed E-state index contributed by atoms with van der Waals surface area (Å²) in [6.45, 7) is 3.95. The van der Waals surface area contributed by atoms with Crippen molar-refractivity contribution in [2.75, 3.05) is 32.4 Å². The fourth-order valence-corrected chi connectivity index (χ4v) is 4.10. The van der Waals surface area contributed by atoms with Crippen molar-refractivity contribution >= 4 is 15.7 Å². The fourth-order valence-electron chi connectivity index (χ4n) is 3.22. The Hall–Kier alpha value is -2.18. The van der Waals surface area contributed by atoms with Crippen molar-refractivity contribution in [2.45, 2.75) is 11.4 Å². The number of rotatable bonds is 4. The van der Waals surface area contributed by atoms with Crippen LogP contribution in [0.2, 0.25) is 0 Å². The maximum atomic E-state index is 12.8. The van der Waals surface area contributed by atoms with Gasteiger partial charge in [0.2, 0.25) is 0 Å². The van der Waals surface area contributed by atoms with Gasteiger partial charge >= 0.3 is 0 Å². The number of sulfone groups is 1. The summed E-state index contributed by atoms with van der Waals surface area (Å²) in [5.41, 5.74) is 1.57. The zero-order valence-electron chi connectivity index (χ0n) is 14.3. The van der Waals surface area contributed by atoms with Crippen molar-refractivity contribution in [3.8, 4) is 0 Å². The Bertz CT molecular complexity index is 842. The van der Waals surface area contributed by atoms with Crippen molar-refractivity contribution < 1.29 is 18.1 Å². The Labute approximate surface area is 148 Å². The van der Waals surface area contributed by atoms with E-state index in [9.17, 15) is 13.2 Å². The number of quaternary nitrogens is 1. The lowest BCUT2D eigenvalue weighted by Crippen LogP contribution is -3.13. The monoisotopic (exact) mass is 359 g/mol. The van der Waals surface area contributed by atoms with E-state index in [1.165, 1.54) is 16.5 Å². The van der Waals surface area contributed by atoms with Gasteiger partial charge in [0.05, 0.1) is 36.6 Å². The molecule has 0 unspecified atom stereocenters. The standard InChI is InChI=1S/C19H22N2O3S/c1-25(23,24)18-10-6-5-9-17(18)19(22)21-13-11-20(12-14-21)15-16-7-3-2-4-8-16/h2-10H,11-15H2,1H3/p+1. The Morgan fingerprint density at radius 1 is 1.00 bits per heavy atom. The molecule has 2 aromatic carbocycles. The maximum Gasteiger partial charge on any atom is 0.255 e. The predicted octanol–water partition coefficient (Wildman–Crippen LogP) is 0.631. The summed E-state index contributed by atoms with van der Waals surface area (Å²) in [6.07, 6.45) is 1.14. The first-order valence-electron chi connectivity index (χ1n) is 8.41. The Morgan fingerprint density at radius 3 is 2.24 bits per heavy atom. The molecule has 5 nitrogen and oxygen atoms in total. The average molecular weight is 359 g/mol. The maximum absolute atomic E-state index is 12.8. The van der Waals surface area contributed by atoms with E-state index in [4.69, 9.17) is 0 Å². The van der Waals surface area contributed by atoms with Gasteiger partial charge < -0.3 is 9.80 Å². The van der Waals surface area contributed by atoms with Crippen LogP contribution in [0.4, 0.5) is 0 Å². The number of piperazine rings is 1. The number of hydrogen-bond acceptors (Lipinski definition) is 3. The Morgan fingerprint density at radius 2 is 1.60 bits per heavy atom. The van der Waals surface area contributed by atoms with E-state index in [-0.39, 0.29) is 16.4 Å². The minimum atomic E-state index is -3.42. The molecule has 0 radical (unpaired) electrons. The van der Waals surface area contributed by atoms with Gasteiger partial charge in [0.25, 0.3) is 5.91 Å². The highest BCUT2D eigenvalue weighted by atomic mass is 32.2. The van der Waals surface area contributed by atoms with Gasteiger partial charge in [-0.05, 0) is 12.1 Å². The minimum absolute atomic E-state index is 0.110. The second-order valence-corrected chi connectivity index (χ2v) is 8.46. The highest BCUT2D eigenvalue weighted by Gasteiger charge is 2.27. The molecule has 1 fully saturated rings. The van der Waals surface area contributed by atoms with Gasteiger partial charge in [0.15, 0.2) is 9.84 Å². The lowest BCUT2D eigenvalue weighted by Gasteiger charge is -2.32. The number of benzene rings is 2. The first-order chi connectivity index (χ1) is 11.9. The molecule has 0 atom stereocenters. The van der Waals surface area contributed by atoms with E-state index in [2.05, 4.69) is 12.1 Å². The van der Waals surface area contributed by atoms with Gasteiger partial charge in [-0.3, -0.25) is 4.79 Å². The third-order valence-electron chi connectivity index (χ3n) is 4.57. The molecular weight excluding hydrogens is 336 g/mol. The fraction of sp³-hybridized carbons (Fsp3) is 0.316. The smallest absolute Gasteiger partial charge is 0.255 e. The van der Waals surface area contributed by atoms with E-state index in [0.717, 1.165) is 25.9 Å². The van der Waals surface area contributed by atoms with Crippen LogP contribution in [0.5, 0.6) is 0 Å². The molecule has 25 heavy (non-hydrogen) atoms. The number of hydrogen-bond donors (Lipinski definition) is 1. The normalized spacial score (nSPS) is 16.0. The van der Waals surface area contributed by atoms with Crippen molar-refractivity contribution in [3.63, 3.8) is 0 Å². The largest absolute Gasteiger partial charge is 0.328 e. The molecule has 1 amide bonds. The molecule has 1 saturated heterocycles. The van der Waals surface area contributed by atoms with Crippen molar-refractivity contribution in [1.29, 1.82) is 0 Å². The van der Waals surface area contributed by atoms with Crippen LogP contribution in [-0.4, -0.2) is 51.7 Å². The first-order valence-corrected chi connectivity index (χ1v) is 10.3. The van der Waals surface area contributed by atoms with Crippen molar-refractivity contribution in [1.82, 2.24) is 4.90 Å². The van der Waals surface area contributed by atoms with Gasteiger partial charge in [-0.2, -0.15) is 0 Å². The first kappa shape index (κ1) is 17.6. The van der Waals surface area contributed by atoms with Crippen LogP contribution < -0.4 is 4.90 Å². The second kappa shape index (κ2) is 7.37. The van der Waals surface area contributed by atoms with Crippen LogP contribution in [0.3, 0.4) is 0 Å². The summed E-state index contributed by atoms with van der Waals surface area (Å²) in [7, 11) is -3.42. The molecule has 6 heteroatoms. The van der Waals surface area contributed by atoms with E-state index in [1.807, 2.05) is 18.2 Å². The van der Waals surface area contributed by atoms with Gasteiger partial charge in [-0.15, -0.1) is 0 Å². The summed E-state index contributed by atoms with van der Waals surface area (Å²) in [6, 6.07) is 16.8. The lowest BCUT2D eigenvalue weighted by molar-refractivity contribution is -0.917. The zero-order chi connectivity index (χ0) is 17.9.